The van der Waals surface area contributed by atoms with Crippen LogP contribution in [0.25, 0.3) is 0 Å². The first-order valence-electron chi connectivity index (χ1n) is 11.7. The van der Waals surface area contributed by atoms with Crippen LogP contribution < -0.4 is 10.6 Å². The normalized spacial score (nSPS) is 17.3. The summed E-state index contributed by atoms with van der Waals surface area (Å²) in [6.45, 7) is 4.27. The number of carbonyl (C=O) groups is 3. The molecule has 1 aromatic heterocycles. The first kappa shape index (κ1) is 25.1. The van der Waals surface area contributed by atoms with Gasteiger partial charge in [-0.3, -0.25) is 19.2 Å². The highest BCUT2D eigenvalue weighted by atomic mass is 16.2. The van der Waals surface area contributed by atoms with Gasteiger partial charge in [-0.25, -0.2) is 4.98 Å². The molecule has 2 aromatic rings. The number of imidazole rings is 1. The summed E-state index contributed by atoms with van der Waals surface area (Å²) in [6.07, 6.45) is 7.07. The molecule has 1 aliphatic rings. The molecule has 0 bridgehead atoms. The number of nitrogens with one attached hydrogen (secondary N) is 3. The quantitative estimate of drug-likeness (QED) is 0.461. The molecule has 3 N–H and O–H groups in total. The van der Waals surface area contributed by atoms with Crippen molar-refractivity contribution in [3.63, 3.8) is 0 Å². The van der Waals surface area contributed by atoms with Crippen LogP contribution in [0, 0.1) is 5.92 Å². The maximum Gasteiger partial charge on any atom is 0.246 e. The van der Waals surface area contributed by atoms with Crippen LogP contribution in [0.5, 0.6) is 0 Å². The van der Waals surface area contributed by atoms with Crippen LogP contribution in [-0.2, 0) is 32.0 Å². The summed E-state index contributed by atoms with van der Waals surface area (Å²) in [5.74, 6) is -0.787. The molecule has 34 heavy (non-hydrogen) atoms. The van der Waals surface area contributed by atoms with E-state index in [9.17, 15) is 19.2 Å². The summed E-state index contributed by atoms with van der Waals surface area (Å²) in [5.41, 5.74) is 1.55. The summed E-state index contributed by atoms with van der Waals surface area (Å²) in [6, 6.07) is 7.01. The molecule has 3 atom stereocenters. The SMILES string of the molecule is CC(C)CC(=O)N[C@@H](Cc1c[nH]cn1)C(=O)N1CCC[C@H]1C(=O)N[C@H]([C]=O)Cc1ccccc1. The number of aromatic amines is 1. The van der Waals surface area contributed by atoms with E-state index < -0.39 is 18.1 Å². The van der Waals surface area contributed by atoms with Crippen LogP contribution in [-0.4, -0.2) is 63.5 Å². The fraction of sp³-hybridized carbons (Fsp3) is 0.480. The number of benzene rings is 1. The minimum Gasteiger partial charge on any atom is -0.351 e. The standard InChI is InChI=1S/C25H32N5O4/c1-17(2)11-23(32)29-21(13-19-14-26-16-27-19)25(34)30-10-6-9-22(30)24(33)28-20(15-31)12-18-7-4-3-5-8-18/h3-5,7-8,14,16-17,20-22H,6,9-13H2,1-2H3,(H,26,27)(H,28,33)(H,29,32)/t20-,21-,22-/m0/s1. The zero-order valence-corrected chi connectivity index (χ0v) is 19.6. The van der Waals surface area contributed by atoms with Crippen LogP contribution >= 0.6 is 0 Å². The second-order valence-corrected chi connectivity index (χ2v) is 9.04. The minimum absolute atomic E-state index is 0.146. The maximum absolute atomic E-state index is 13.5. The predicted octanol–water partition coefficient (Wildman–Crippen LogP) is 1.31. The number of H-pyrrole nitrogens is 1. The van der Waals surface area contributed by atoms with Crippen LogP contribution in [0.2, 0.25) is 0 Å². The summed E-state index contributed by atoms with van der Waals surface area (Å²) in [5, 5.41) is 5.56. The molecule has 0 saturated carbocycles. The van der Waals surface area contributed by atoms with Gasteiger partial charge in [-0.15, -0.1) is 0 Å². The van der Waals surface area contributed by atoms with Crippen molar-refractivity contribution in [1.82, 2.24) is 25.5 Å². The van der Waals surface area contributed by atoms with Crippen LogP contribution in [0.4, 0.5) is 0 Å². The molecule has 0 spiro atoms. The fourth-order valence-electron chi connectivity index (χ4n) is 4.18. The second-order valence-electron chi connectivity index (χ2n) is 9.04. The van der Waals surface area contributed by atoms with Gasteiger partial charge in [0.1, 0.15) is 12.1 Å². The number of amides is 3. The largest absolute Gasteiger partial charge is 0.351 e. The van der Waals surface area contributed by atoms with Crippen molar-refractivity contribution in [2.75, 3.05) is 6.54 Å². The molecule has 9 heteroatoms. The highest BCUT2D eigenvalue weighted by Gasteiger charge is 2.38. The van der Waals surface area contributed by atoms with Crippen molar-refractivity contribution < 1.29 is 19.2 Å². The Balaban J connectivity index is 1.69. The minimum atomic E-state index is -0.833. The number of hydrogen-bond donors (Lipinski definition) is 3. The van der Waals surface area contributed by atoms with Crippen LogP contribution in [0.1, 0.15) is 44.4 Å². The van der Waals surface area contributed by atoms with Gasteiger partial charge in [0, 0.05) is 32.0 Å². The van der Waals surface area contributed by atoms with Gasteiger partial charge >= 0.3 is 0 Å². The highest BCUT2D eigenvalue weighted by Crippen LogP contribution is 2.20. The van der Waals surface area contributed by atoms with Crippen molar-refractivity contribution in [3.8, 4) is 0 Å². The molecule has 1 radical (unpaired) electrons. The molecule has 181 valence electrons. The Labute approximate surface area is 199 Å². The Morgan fingerprint density at radius 3 is 2.59 bits per heavy atom. The van der Waals surface area contributed by atoms with Crippen molar-refractivity contribution in [2.45, 2.75) is 64.1 Å². The Morgan fingerprint density at radius 1 is 1.18 bits per heavy atom. The summed E-state index contributed by atoms with van der Waals surface area (Å²) in [4.78, 5) is 59.0. The Hall–Kier alpha value is -3.49. The Bertz CT molecular complexity index is 961. The van der Waals surface area contributed by atoms with E-state index in [2.05, 4.69) is 20.6 Å². The number of hydrogen-bond acceptors (Lipinski definition) is 5. The highest BCUT2D eigenvalue weighted by molar-refractivity contribution is 5.93. The van der Waals surface area contributed by atoms with Gasteiger partial charge in [-0.1, -0.05) is 44.2 Å². The molecular weight excluding hydrogens is 434 g/mol. The lowest BCUT2D eigenvalue weighted by Gasteiger charge is -2.29. The first-order chi connectivity index (χ1) is 16.4. The van der Waals surface area contributed by atoms with Crippen LogP contribution in [0.15, 0.2) is 42.9 Å². The second kappa shape index (κ2) is 12.1. The monoisotopic (exact) mass is 466 g/mol. The lowest BCUT2D eigenvalue weighted by atomic mass is 10.1. The molecule has 0 aliphatic carbocycles. The summed E-state index contributed by atoms with van der Waals surface area (Å²) < 4.78 is 0. The number of likely N-dealkylation sites (tertiary alicyclic amines) is 1. The van der Waals surface area contributed by atoms with E-state index in [4.69, 9.17) is 0 Å². The molecule has 2 heterocycles. The van der Waals surface area contributed by atoms with Gasteiger partial charge in [-0.2, -0.15) is 0 Å². The van der Waals surface area contributed by atoms with Crippen molar-refractivity contribution in [3.05, 3.63) is 54.1 Å². The van der Waals surface area contributed by atoms with Gasteiger partial charge in [0.05, 0.1) is 18.1 Å². The molecule has 9 nitrogen and oxygen atoms in total. The van der Waals surface area contributed by atoms with Gasteiger partial charge in [0.25, 0.3) is 0 Å². The number of aromatic nitrogens is 2. The van der Waals surface area contributed by atoms with E-state index in [1.54, 1.807) is 6.20 Å². The van der Waals surface area contributed by atoms with E-state index >= 15 is 0 Å². The average Bonchev–Trinajstić information content (AvgIpc) is 3.50. The lowest BCUT2D eigenvalue weighted by molar-refractivity contribution is -0.141. The fourth-order valence-corrected chi connectivity index (χ4v) is 4.18. The van der Waals surface area contributed by atoms with E-state index in [-0.39, 0.29) is 30.1 Å². The topological polar surface area (TPSA) is 124 Å². The molecule has 3 rings (SSSR count). The molecule has 3 amide bonds. The van der Waals surface area contributed by atoms with E-state index in [1.165, 1.54) is 11.2 Å². The molecular formula is C25H32N5O4. The predicted molar refractivity (Wildman–Crippen MR) is 126 cm³/mol. The first-order valence-corrected chi connectivity index (χ1v) is 11.7. The lowest BCUT2D eigenvalue weighted by Crippen LogP contribution is -2.55. The number of rotatable bonds is 11. The summed E-state index contributed by atoms with van der Waals surface area (Å²) in [7, 11) is 0. The molecule has 1 aliphatic heterocycles. The van der Waals surface area contributed by atoms with E-state index in [0.717, 1.165) is 5.56 Å². The number of nitrogens with zero attached hydrogens (tertiary/aromatic N) is 2. The van der Waals surface area contributed by atoms with E-state index in [0.29, 0.717) is 37.9 Å². The van der Waals surface area contributed by atoms with Crippen molar-refractivity contribution >= 4 is 24.0 Å². The van der Waals surface area contributed by atoms with Gasteiger partial charge in [0.15, 0.2) is 0 Å². The molecule has 1 saturated heterocycles. The third-order valence-electron chi connectivity index (χ3n) is 5.78. The smallest absolute Gasteiger partial charge is 0.246 e. The summed E-state index contributed by atoms with van der Waals surface area (Å²) >= 11 is 0. The molecule has 1 fully saturated rings. The molecule has 0 unspecified atom stereocenters. The number of carbonyl (C=O) groups excluding carboxylic acids is 4. The van der Waals surface area contributed by atoms with Gasteiger partial charge in [-0.05, 0) is 24.3 Å². The van der Waals surface area contributed by atoms with E-state index in [1.807, 2.05) is 50.5 Å². The average molecular weight is 467 g/mol. The molecule has 1 aromatic carbocycles. The van der Waals surface area contributed by atoms with Gasteiger partial charge in [0.2, 0.25) is 24.0 Å². The van der Waals surface area contributed by atoms with Crippen LogP contribution in [0.3, 0.4) is 0 Å². The Kier molecular flexibility index (Phi) is 8.95. The zero-order valence-electron chi connectivity index (χ0n) is 19.6. The third kappa shape index (κ3) is 7.00. The maximum atomic E-state index is 13.5. The zero-order chi connectivity index (χ0) is 24.5. The van der Waals surface area contributed by atoms with Crippen molar-refractivity contribution in [1.29, 1.82) is 0 Å². The third-order valence-corrected chi connectivity index (χ3v) is 5.78. The van der Waals surface area contributed by atoms with Gasteiger partial charge < -0.3 is 20.5 Å². The van der Waals surface area contributed by atoms with Crippen molar-refractivity contribution in [2.24, 2.45) is 5.92 Å². The Morgan fingerprint density at radius 2 is 1.94 bits per heavy atom.